The molecule has 1 N–H and O–H groups in total. The molecular formula is C8H6F6N2S. The van der Waals surface area contributed by atoms with Gasteiger partial charge in [-0.1, -0.05) is 0 Å². The highest BCUT2D eigenvalue weighted by atomic mass is 32.2. The van der Waals surface area contributed by atoms with Crippen LogP contribution in [0.3, 0.4) is 0 Å². The Balaban J connectivity index is 2.50. The van der Waals surface area contributed by atoms with Gasteiger partial charge in [-0.2, -0.15) is 22.5 Å². The normalized spacial score (nSPS) is 11.6. The average molecular weight is 276 g/mol. The number of nitrogens with zero attached hydrogens (tertiary/aromatic N) is 1. The lowest BCUT2D eigenvalue weighted by atomic mass is 10.4. The lowest BCUT2D eigenvalue weighted by Gasteiger charge is -2.08. The molecule has 0 atom stereocenters. The topological polar surface area (TPSA) is 24.9 Å². The fourth-order valence-corrected chi connectivity index (χ4v) is 1.34. The van der Waals surface area contributed by atoms with Crippen molar-refractivity contribution in [2.45, 2.75) is 5.51 Å². The van der Waals surface area contributed by atoms with Gasteiger partial charge in [-0.15, -0.1) is 0 Å². The van der Waals surface area contributed by atoms with Crippen molar-refractivity contribution in [1.82, 2.24) is 4.98 Å². The van der Waals surface area contributed by atoms with E-state index in [1.807, 2.05) is 0 Å². The molecule has 0 aliphatic rings. The second-order valence-corrected chi connectivity index (χ2v) is 3.97. The van der Waals surface area contributed by atoms with Crippen LogP contribution in [-0.4, -0.2) is 22.8 Å². The van der Waals surface area contributed by atoms with E-state index in [9.17, 15) is 26.3 Å². The quantitative estimate of drug-likeness (QED) is 0.519. The zero-order valence-corrected chi connectivity index (χ0v) is 8.93. The molecule has 0 unspecified atom stereocenters. The number of alkyl halides is 3. The fraction of sp³-hybridized carbons (Fsp3) is 0.375. The van der Waals surface area contributed by atoms with E-state index in [0.717, 1.165) is 0 Å². The molecule has 1 heterocycles. The van der Waals surface area contributed by atoms with Crippen LogP contribution in [-0.2, 0) is 0 Å². The molecular weight excluding hydrogens is 270 g/mol. The Morgan fingerprint density at radius 1 is 1.18 bits per heavy atom. The molecule has 0 aliphatic heterocycles. The van der Waals surface area contributed by atoms with Crippen molar-refractivity contribution >= 4 is 17.6 Å². The molecule has 0 bridgehead atoms. The molecule has 1 aromatic rings. The van der Waals surface area contributed by atoms with E-state index >= 15 is 0 Å². The second kappa shape index (κ2) is 5.48. The van der Waals surface area contributed by atoms with Crippen LogP contribution in [0.15, 0.2) is 6.07 Å². The van der Waals surface area contributed by atoms with Crippen molar-refractivity contribution in [1.29, 1.82) is 0 Å². The maximum absolute atomic E-state index is 12.9. The Bertz CT molecular complexity index is 394. The standard InChI is InChI=1S/C8H6F6N2S/c9-4-3-5(10)7(16-6(4)11)15-1-2-17-8(12,13)14/h3H,1-2H2,(H,15,16). The monoisotopic (exact) mass is 276 g/mol. The maximum atomic E-state index is 12.9. The third-order valence-corrected chi connectivity index (χ3v) is 2.28. The van der Waals surface area contributed by atoms with E-state index in [1.54, 1.807) is 0 Å². The van der Waals surface area contributed by atoms with Crippen LogP contribution < -0.4 is 5.32 Å². The molecule has 0 saturated carbocycles. The summed E-state index contributed by atoms with van der Waals surface area (Å²) in [5.41, 5.74) is -4.39. The van der Waals surface area contributed by atoms with Gasteiger partial charge in [0, 0.05) is 18.4 Å². The molecule has 0 spiro atoms. The van der Waals surface area contributed by atoms with Gasteiger partial charge in [0.05, 0.1) is 0 Å². The van der Waals surface area contributed by atoms with Gasteiger partial charge >= 0.3 is 5.51 Å². The summed E-state index contributed by atoms with van der Waals surface area (Å²) in [6, 6.07) is 0.265. The van der Waals surface area contributed by atoms with Crippen molar-refractivity contribution in [2.75, 3.05) is 17.6 Å². The van der Waals surface area contributed by atoms with Gasteiger partial charge in [0.25, 0.3) is 5.95 Å². The first kappa shape index (κ1) is 13.9. The minimum atomic E-state index is -4.39. The molecule has 9 heteroatoms. The Labute approximate surface area is 96.4 Å². The zero-order chi connectivity index (χ0) is 13.1. The number of hydrogen-bond donors (Lipinski definition) is 1. The molecule has 0 saturated heterocycles. The Hall–Kier alpha value is -1.12. The summed E-state index contributed by atoms with van der Waals surface area (Å²) in [5.74, 6) is -5.16. The molecule has 0 radical (unpaired) electrons. The van der Waals surface area contributed by atoms with E-state index in [0.29, 0.717) is 0 Å². The van der Waals surface area contributed by atoms with Gasteiger partial charge in [0.2, 0.25) is 0 Å². The predicted octanol–water partition coefficient (Wildman–Crippen LogP) is 3.16. The summed E-state index contributed by atoms with van der Waals surface area (Å²) in [6.07, 6.45) is 0. The van der Waals surface area contributed by atoms with Crippen molar-refractivity contribution < 1.29 is 26.3 Å². The summed E-state index contributed by atoms with van der Waals surface area (Å²) in [5, 5.41) is 2.14. The first-order valence-corrected chi connectivity index (χ1v) is 5.24. The highest BCUT2D eigenvalue weighted by Crippen LogP contribution is 2.29. The van der Waals surface area contributed by atoms with Gasteiger partial charge < -0.3 is 5.32 Å². The third-order valence-electron chi connectivity index (χ3n) is 1.55. The number of hydrogen-bond acceptors (Lipinski definition) is 3. The van der Waals surface area contributed by atoms with Crippen LogP contribution >= 0.6 is 11.8 Å². The smallest absolute Gasteiger partial charge is 0.367 e. The predicted molar refractivity (Wildman–Crippen MR) is 51.1 cm³/mol. The number of halogens is 6. The average Bonchev–Trinajstić information content (AvgIpc) is 2.18. The Kier molecular flexibility index (Phi) is 4.49. The van der Waals surface area contributed by atoms with E-state index in [4.69, 9.17) is 0 Å². The fourth-order valence-electron chi connectivity index (χ4n) is 0.904. The molecule has 0 aliphatic carbocycles. The van der Waals surface area contributed by atoms with Crippen LogP contribution in [0.2, 0.25) is 0 Å². The molecule has 17 heavy (non-hydrogen) atoms. The number of pyridine rings is 1. The first-order chi connectivity index (χ1) is 7.79. The molecule has 2 nitrogen and oxygen atoms in total. The first-order valence-electron chi connectivity index (χ1n) is 4.25. The van der Waals surface area contributed by atoms with Crippen LogP contribution in [0.4, 0.5) is 32.2 Å². The van der Waals surface area contributed by atoms with Gasteiger partial charge in [-0.25, -0.2) is 8.78 Å². The molecule has 0 amide bonds. The largest absolute Gasteiger partial charge is 0.441 e. The van der Waals surface area contributed by atoms with Crippen molar-refractivity contribution in [3.8, 4) is 0 Å². The molecule has 0 fully saturated rings. The maximum Gasteiger partial charge on any atom is 0.441 e. The third kappa shape index (κ3) is 4.72. The summed E-state index contributed by atoms with van der Waals surface area (Å²) in [4.78, 5) is 2.89. The molecule has 1 aromatic heterocycles. The van der Waals surface area contributed by atoms with E-state index < -0.39 is 34.7 Å². The lowest BCUT2D eigenvalue weighted by Crippen LogP contribution is -2.12. The Morgan fingerprint density at radius 2 is 1.82 bits per heavy atom. The Morgan fingerprint density at radius 3 is 2.41 bits per heavy atom. The number of thioether (sulfide) groups is 1. The summed E-state index contributed by atoms with van der Waals surface area (Å²) in [6.45, 7) is -0.279. The molecule has 96 valence electrons. The number of nitrogens with one attached hydrogen (secondary N) is 1. The zero-order valence-electron chi connectivity index (χ0n) is 8.11. The van der Waals surface area contributed by atoms with Gasteiger partial charge in [0.15, 0.2) is 17.5 Å². The van der Waals surface area contributed by atoms with E-state index in [-0.39, 0.29) is 24.4 Å². The minimum absolute atomic E-state index is 0.265. The summed E-state index contributed by atoms with van der Waals surface area (Å²) >= 11 is -0.315. The van der Waals surface area contributed by atoms with Crippen LogP contribution in [0.5, 0.6) is 0 Å². The summed E-state index contributed by atoms with van der Waals surface area (Å²) < 4.78 is 73.1. The van der Waals surface area contributed by atoms with Crippen molar-refractivity contribution in [3.05, 3.63) is 23.6 Å². The van der Waals surface area contributed by atoms with Crippen LogP contribution in [0, 0.1) is 17.6 Å². The lowest BCUT2D eigenvalue weighted by molar-refractivity contribution is -0.0327. The van der Waals surface area contributed by atoms with Crippen LogP contribution in [0.1, 0.15) is 0 Å². The van der Waals surface area contributed by atoms with Crippen LogP contribution in [0.25, 0.3) is 0 Å². The van der Waals surface area contributed by atoms with Gasteiger partial charge in [-0.05, 0) is 11.8 Å². The van der Waals surface area contributed by atoms with Crippen molar-refractivity contribution in [3.63, 3.8) is 0 Å². The summed E-state index contributed by atoms with van der Waals surface area (Å²) in [7, 11) is 0. The number of rotatable bonds is 4. The SMILES string of the molecule is Fc1cc(F)c(NCCSC(F)(F)F)nc1F. The van der Waals surface area contributed by atoms with Crippen molar-refractivity contribution in [2.24, 2.45) is 0 Å². The molecule has 0 aromatic carbocycles. The number of anilines is 1. The minimum Gasteiger partial charge on any atom is -0.367 e. The van der Waals surface area contributed by atoms with E-state index in [1.165, 1.54) is 0 Å². The van der Waals surface area contributed by atoms with E-state index in [2.05, 4.69) is 10.3 Å². The van der Waals surface area contributed by atoms with Gasteiger partial charge in [-0.3, -0.25) is 0 Å². The second-order valence-electron chi connectivity index (χ2n) is 2.81. The highest BCUT2D eigenvalue weighted by Gasteiger charge is 2.27. The highest BCUT2D eigenvalue weighted by molar-refractivity contribution is 8.00. The molecule has 1 rings (SSSR count). The number of aromatic nitrogens is 1. The van der Waals surface area contributed by atoms with Gasteiger partial charge in [0.1, 0.15) is 0 Å².